The van der Waals surface area contributed by atoms with Gasteiger partial charge in [0.2, 0.25) is 5.91 Å². The summed E-state index contributed by atoms with van der Waals surface area (Å²) < 4.78 is 0. The third kappa shape index (κ3) is 4.91. The van der Waals surface area contributed by atoms with Gasteiger partial charge in [-0.25, -0.2) is 0 Å². The molecule has 0 aliphatic rings. The predicted octanol–water partition coefficient (Wildman–Crippen LogP) is 1.91. The van der Waals surface area contributed by atoms with Crippen LogP contribution in [0.5, 0.6) is 0 Å². The quantitative estimate of drug-likeness (QED) is 0.285. The highest BCUT2D eigenvalue weighted by atomic mass is 16.4. The Hall–Kier alpha value is -2.05. The lowest BCUT2D eigenvalue weighted by Gasteiger charge is -2.22. The lowest BCUT2D eigenvalue weighted by molar-refractivity contribution is -0.117. The monoisotopic (exact) mass is 281 g/mol. The Morgan fingerprint density at radius 1 is 1.60 bits per heavy atom. The second-order valence-corrected chi connectivity index (χ2v) is 6.27. The third-order valence-corrected chi connectivity index (χ3v) is 2.78. The summed E-state index contributed by atoms with van der Waals surface area (Å²) in [5.41, 5.74) is 6.04. The first-order chi connectivity index (χ1) is 9.23. The summed E-state index contributed by atoms with van der Waals surface area (Å²) in [6.07, 6.45) is 2.76. The molecule has 7 nitrogen and oxygen atoms in total. The van der Waals surface area contributed by atoms with Crippen LogP contribution in [0.1, 0.15) is 46.1 Å². The van der Waals surface area contributed by atoms with E-state index in [4.69, 9.17) is 10.9 Å². The highest BCUT2D eigenvalue weighted by Crippen LogP contribution is 2.26. The predicted molar refractivity (Wildman–Crippen MR) is 77.6 cm³/mol. The molecule has 1 unspecified atom stereocenters. The average molecular weight is 281 g/mol. The fraction of sp³-hybridized carbons (Fsp3) is 0.615. The maximum absolute atomic E-state index is 12.0. The van der Waals surface area contributed by atoms with Crippen LogP contribution in [0, 0.1) is 11.3 Å². The van der Waals surface area contributed by atoms with Crippen LogP contribution in [-0.4, -0.2) is 27.1 Å². The summed E-state index contributed by atoms with van der Waals surface area (Å²) in [6, 6.07) is 0. The van der Waals surface area contributed by atoms with Gasteiger partial charge < -0.3 is 16.3 Å². The molecular formula is C13H23N5O2. The van der Waals surface area contributed by atoms with Gasteiger partial charge in [-0.1, -0.05) is 32.9 Å². The molecule has 1 heterocycles. The van der Waals surface area contributed by atoms with E-state index in [1.165, 1.54) is 6.20 Å². The minimum Gasteiger partial charge on any atom is -0.409 e. The van der Waals surface area contributed by atoms with Gasteiger partial charge in [0, 0.05) is 6.42 Å². The number of rotatable bonds is 5. The van der Waals surface area contributed by atoms with Gasteiger partial charge in [0.1, 0.15) is 5.82 Å². The number of amides is 1. The van der Waals surface area contributed by atoms with Crippen LogP contribution in [0.4, 0.5) is 5.82 Å². The van der Waals surface area contributed by atoms with Crippen molar-refractivity contribution in [3.63, 3.8) is 0 Å². The van der Waals surface area contributed by atoms with Gasteiger partial charge in [0.05, 0.1) is 11.8 Å². The zero-order chi connectivity index (χ0) is 15.3. The number of carbonyl (C=O) groups excluding carboxylic acids is 1. The lowest BCUT2D eigenvalue weighted by Crippen LogP contribution is -2.21. The van der Waals surface area contributed by atoms with Gasteiger partial charge >= 0.3 is 0 Å². The standard InChI is InChI=1S/C13H23N5O2/c1-8(6-13(2,3)4)5-10(19)16-12-9(7-15-17-12)11(14)18-20/h7-8,20H,5-6H2,1-4H3,(H2,14,18)(H2,15,16,17,19). The van der Waals surface area contributed by atoms with Crippen molar-refractivity contribution in [2.24, 2.45) is 22.2 Å². The highest BCUT2D eigenvalue weighted by molar-refractivity contribution is 6.04. The van der Waals surface area contributed by atoms with Crippen molar-refractivity contribution in [3.05, 3.63) is 11.8 Å². The van der Waals surface area contributed by atoms with E-state index in [-0.39, 0.29) is 23.1 Å². The lowest BCUT2D eigenvalue weighted by atomic mass is 9.84. The van der Waals surface area contributed by atoms with E-state index in [2.05, 4.69) is 41.4 Å². The fourth-order valence-electron chi connectivity index (χ4n) is 2.25. The Kier molecular flexibility index (Phi) is 5.12. The summed E-state index contributed by atoms with van der Waals surface area (Å²) in [5.74, 6) is 0.383. The summed E-state index contributed by atoms with van der Waals surface area (Å²) in [4.78, 5) is 12.0. The Labute approximate surface area is 118 Å². The molecule has 0 aliphatic carbocycles. The maximum Gasteiger partial charge on any atom is 0.225 e. The van der Waals surface area contributed by atoms with Crippen LogP contribution >= 0.6 is 0 Å². The van der Waals surface area contributed by atoms with E-state index in [9.17, 15) is 4.79 Å². The van der Waals surface area contributed by atoms with Gasteiger partial charge in [-0.2, -0.15) is 5.10 Å². The van der Waals surface area contributed by atoms with Crippen LogP contribution in [0.3, 0.4) is 0 Å². The van der Waals surface area contributed by atoms with Crippen molar-refractivity contribution < 1.29 is 10.0 Å². The number of aromatic amines is 1. The first-order valence-corrected chi connectivity index (χ1v) is 6.54. The molecule has 1 aromatic heterocycles. The number of nitrogens with zero attached hydrogens (tertiary/aromatic N) is 2. The molecule has 1 atom stereocenters. The van der Waals surface area contributed by atoms with Crippen LogP contribution in [0.25, 0.3) is 0 Å². The molecule has 1 amide bonds. The first-order valence-electron chi connectivity index (χ1n) is 6.54. The number of hydrogen-bond acceptors (Lipinski definition) is 4. The normalized spacial score (nSPS) is 14.1. The molecule has 0 radical (unpaired) electrons. The molecular weight excluding hydrogens is 258 g/mol. The second-order valence-electron chi connectivity index (χ2n) is 6.27. The molecule has 1 rings (SSSR count). The minimum absolute atomic E-state index is 0.100. The molecule has 0 spiro atoms. The number of H-pyrrole nitrogens is 1. The van der Waals surface area contributed by atoms with Crippen molar-refractivity contribution >= 4 is 17.6 Å². The minimum atomic E-state index is -0.127. The average Bonchev–Trinajstić information content (AvgIpc) is 2.73. The number of carbonyl (C=O) groups is 1. The van der Waals surface area contributed by atoms with Crippen LogP contribution < -0.4 is 11.1 Å². The summed E-state index contributed by atoms with van der Waals surface area (Å²) in [6.45, 7) is 8.48. The van der Waals surface area contributed by atoms with Crippen molar-refractivity contribution in [3.8, 4) is 0 Å². The second kappa shape index (κ2) is 6.40. The van der Waals surface area contributed by atoms with Crippen LogP contribution in [0.15, 0.2) is 11.4 Å². The van der Waals surface area contributed by atoms with E-state index in [1.807, 2.05) is 6.92 Å². The van der Waals surface area contributed by atoms with Crippen molar-refractivity contribution in [1.29, 1.82) is 0 Å². The Morgan fingerprint density at radius 2 is 2.25 bits per heavy atom. The van der Waals surface area contributed by atoms with Gasteiger partial charge in [-0.15, -0.1) is 0 Å². The number of oxime groups is 1. The van der Waals surface area contributed by atoms with Gasteiger partial charge in [0.25, 0.3) is 0 Å². The van der Waals surface area contributed by atoms with Gasteiger partial charge in [-0.05, 0) is 17.8 Å². The van der Waals surface area contributed by atoms with E-state index in [0.717, 1.165) is 6.42 Å². The molecule has 0 fully saturated rings. The maximum atomic E-state index is 12.0. The number of nitrogens with two attached hydrogens (primary N) is 1. The first kappa shape index (κ1) is 16.0. The van der Waals surface area contributed by atoms with E-state index in [0.29, 0.717) is 17.8 Å². The Bertz CT molecular complexity index is 487. The Morgan fingerprint density at radius 3 is 2.80 bits per heavy atom. The molecule has 1 aromatic rings. The van der Waals surface area contributed by atoms with Gasteiger partial charge in [0.15, 0.2) is 5.84 Å². The molecule has 0 aromatic carbocycles. The molecule has 0 aliphatic heterocycles. The molecule has 0 saturated carbocycles. The number of aromatic nitrogens is 2. The molecule has 112 valence electrons. The zero-order valence-corrected chi connectivity index (χ0v) is 12.4. The Balaban J connectivity index is 2.62. The van der Waals surface area contributed by atoms with Crippen LogP contribution in [-0.2, 0) is 4.79 Å². The molecule has 0 saturated heterocycles. The zero-order valence-electron chi connectivity index (χ0n) is 12.4. The SMILES string of the molecule is CC(CC(=O)Nc1[nH]ncc1C(N)=NO)CC(C)(C)C. The number of nitrogens with one attached hydrogen (secondary N) is 2. The summed E-state index contributed by atoms with van der Waals surface area (Å²) in [5, 5.41) is 20.6. The highest BCUT2D eigenvalue weighted by Gasteiger charge is 2.19. The smallest absolute Gasteiger partial charge is 0.225 e. The largest absolute Gasteiger partial charge is 0.409 e. The molecule has 5 N–H and O–H groups in total. The van der Waals surface area contributed by atoms with Crippen molar-refractivity contribution in [2.75, 3.05) is 5.32 Å². The van der Waals surface area contributed by atoms with Crippen molar-refractivity contribution in [1.82, 2.24) is 10.2 Å². The number of anilines is 1. The fourth-order valence-corrected chi connectivity index (χ4v) is 2.25. The molecule has 20 heavy (non-hydrogen) atoms. The third-order valence-electron chi connectivity index (χ3n) is 2.78. The van der Waals surface area contributed by atoms with Gasteiger partial charge in [-0.3, -0.25) is 9.89 Å². The summed E-state index contributed by atoms with van der Waals surface area (Å²) in [7, 11) is 0. The number of hydrogen-bond donors (Lipinski definition) is 4. The van der Waals surface area contributed by atoms with E-state index < -0.39 is 0 Å². The molecule has 0 bridgehead atoms. The van der Waals surface area contributed by atoms with E-state index >= 15 is 0 Å². The number of amidine groups is 1. The van der Waals surface area contributed by atoms with Crippen molar-refractivity contribution in [2.45, 2.75) is 40.5 Å². The van der Waals surface area contributed by atoms with E-state index in [1.54, 1.807) is 0 Å². The van der Waals surface area contributed by atoms with Crippen LogP contribution in [0.2, 0.25) is 0 Å². The molecule has 7 heteroatoms. The summed E-state index contributed by atoms with van der Waals surface area (Å²) >= 11 is 0. The topological polar surface area (TPSA) is 116 Å².